The largest absolute Gasteiger partial charge is 2.00 e. The molecule has 0 spiro atoms. The second-order valence-electron chi connectivity index (χ2n) is 10.5. The maximum Gasteiger partial charge on any atom is 2.00 e. The Balaban J connectivity index is 0.00000387. The van der Waals surface area contributed by atoms with E-state index in [-0.39, 0.29) is 43.7 Å². The van der Waals surface area contributed by atoms with Gasteiger partial charge in [0, 0.05) is 35.2 Å². The molecular weight excluding hydrogens is 570 g/mol. The Hall–Kier alpha value is -3.71. The first-order chi connectivity index (χ1) is 19.2. The van der Waals surface area contributed by atoms with E-state index in [4.69, 9.17) is 24.7 Å². The van der Waals surface area contributed by atoms with Crippen LogP contribution in [0.2, 0.25) is 0 Å². The van der Waals surface area contributed by atoms with Gasteiger partial charge in [-0.15, -0.1) is 17.0 Å². The normalized spacial score (nSPS) is 22.3. The molecule has 4 aliphatic rings. The first-order valence-electron chi connectivity index (χ1n) is 13.5. The molecule has 5 heterocycles. The van der Waals surface area contributed by atoms with Crippen molar-refractivity contribution in [3.05, 3.63) is 79.6 Å². The number of aldehydes is 1. The van der Waals surface area contributed by atoms with Crippen molar-refractivity contribution in [1.29, 1.82) is 0 Å². The fraction of sp³-hybridized carbons (Fsp3) is 0.344. The fourth-order valence-electron chi connectivity index (χ4n) is 5.75. The Labute approximate surface area is 252 Å². The van der Waals surface area contributed by atoms with Crippen molar-refractivity contribution in [3.8, 4) is 0 Å². The number of aliphatic imine (C=N–C) groups is 3. The first kappa shape index (κ1) is 30.3. The molecule has 1 aromatic heterocycles. The number of aromatic nitrogens is 1. The summed E-state index contributed by atoms with van der Waals surface area (Å²) in [6, 6.07) is 0. The molecule has 4 aliphatic heterocycles. The SMILES string of the molecule is CCc1c(C)c2[n-]c1=CC1=NC(=CC3=NC(=CC4=C(C)/C(=C/[O-])C(=N4)C=2)[C@@H](C)[C@@H]3CCC(=O)OC)C(C=O)=C1C.[Zn+2]. The number of carbonyl (C=O) groups is 2. The van der Waals surface area contributed by atoms with Gasteiger partial charge in [-0.2, -0.15) is 0 Å². The Morgan fingerprint density at radius 1 is 1.05 bits per heavy atom. The van der Waals surface area contributed by atoms with Gasteiger partial charge in [-0.1, -0.05) is 37.1 Å². The van der Waals surface area contributed by atoms with Crippen molar-refractivity contribution in [3.63, 3.8) is 0 Å². The van der Waals surface area contributed by atoms with Gasteiger partial charge in [0.2, 0.25) is 0 Å². The van der Waals surface area contributed by atoms with Gasteiger partial charge < -0.3 is 14.8 Å². The van der Waals surface area contributed by atoms with Gasteiger partial charge in [0.15, 0.2) is 6.29 Å². The summed E-state index contributed by atoms with van der Waals surface area (Å²) in [6.45, 7) is 9.93. The van der Waals surface area contributed by atoms with Crippen molar-refractivity contribution in [1.82, 2.24) is 4.98 Å². The third-order valence-electron chi connectivity index (χ3n) is 8.30. The van der Waals surface area contributed by atoms with Gasteiger partial charge in [0.05, 0.1) is 29.9 Å². The van der Waals surface area contributed by atoms with Crippen LogP contribution in [0.15, 0.2) is 72.8 Å². The summed E-state index contributed by atoms with van der Waals surface area (Å²) in [5.41, 5.74) is 8.67. The van der Waals surface area contributed by atoms with Gasteiger partial charge in [0.25, 0.3) is 0 Å². The van der Waals surface area contributed by atoms with Crippen LogP contribution in [0.4, 0.5) is 0 Å². The second kappa shape index (κ2) is 12.0. The van der Waals surface area contributed by atoms with Crippen LogP contribution in [0, 0.1) is 18.8 Å². The zero-order valence-corrected chi connectivity index (χ0v) is 27.3. The Kier molecular flexibility index (Phi) is 8.88. The van der Waals surface area contributed by atoms with E-state index in [1.54, 1.807) is 0 Å². The van der Waals surface area contributed by atoms with Crippen LogP contribution < -0.4 is 20.8 Å². The van der Waals surface area contributed by atoms with E-state index < -0.39 is 0 Å². The van der Waals surface area contributed by atoms with Crippen molar-refractivity contribution in [2.24, 2.45) is 26.8 Å². The summed E-state index contributed by atoms with van der Waals surface area (Å²) in [6.07, 6.45) is 10.8. The number of fused-ring (bicyclic) bond motifs is 5. The molecule has 8 nitrogen and oxygen atoms in total. The third kappa shape index (κ3) is 5.35. The van der Waals surface area contributed by atoms with E-state index in [0.717, 1.165) is 63.3 Å². The molecule has 0 aromatic carbocycles. The number of allylic oxidation sites excluding steroid dienone is 7. The van der Waals surface area contributed by atoms with E-state index >= 15 is 0 Å². The summed E-state index contributed by atoms with van der Waals surface area (Å²) in [5.74, 6) is -0.419. The number of ether oxygens (including phenoxy) is 1. The molecule has 0 saturated heterocycles. The van der Waals surface area contributed by atoms with Crippen molar-refractivity contribution >= 4 is 41.5 Å². The minimum absolute atomic E-state index is 0. The van der Waals surface area contributed by atoms with Gasteiger partial charge in [0.1, 0.15) is 0 Å². The first-order valence-corrected chi connectivity index (χ1v) is 13.5. The summed E-state index contributed by atoms with van der Waals surface area (Å²) < 4.78 is 4.89. The molecule has 0 unspecified atom stereocenters. The molecule has 5 rings (SSSR count). The summed E-state index contributed by atoms with van der Waals surface area (Å²) in [7, 11) is 1.38. The Bertz CT molecular complexity index is 1710. The van der Waals surface area contributed by atoms with Crippen LogP contribution in [0.1, 0.15) is 51.7 Å². The monoisotopic (exact) mass is 600 g/mol. The Morgan fingerprint density at radius 2 is 1.78 bits per heavy atom. The molecule has 0 amide bonds. The van der Waals surface area contributed by atoms with Gasteiger partial charge >= 0.3 is 25.4 Å². The van der Waals surface area contributed by atoms with Gasteiger partial charge in [-0.05, 0) is 62.5 Å². The molecule has 0 fully saturated rings. The van der Waals surface area contributed by atoms with Crippen LogP contribution >= 0.6 is 0 Å². The van der Waals surface area contributed by atoms with Gasteiger partial charge in [-0.25, -0.2) is 9.98 Å². The predicted octanol–water partition coefficient (Wildman–Crippen LogP) is 2.46. The smallest absolute Gasteiger partial charge is 0.877 e. The molecule has 2 atom stereocenters. The predicted molar refractivity (Wildman–Crippen MR) is 154 cm³/mol. The molecule has 41 heavy (non-hydrogen) atoms. The van der Waals surface area contributed by atoms with Gasteiger partial charge in [-0.3, -0.25) is 14.6 Å². The molecule has 206 valence electrons. The average Bonchev–Trinajstić information content (AvgIpc) is 3.60. The second-order valence-corrected chi connectivity index (χ2v) is 10.5. The standard InChI is InChI=1S/C32H34N4O4.Zn/c1-7-20-16(2)26-12-30-22(14-37)18(4)25(35-30)10-24-17(3)21(8-9-32(39)40-6)29(34-24)13-31-23(15-38)19(5)27(36-31)11-28(20)33-26;/h10-15,17,21H,7-9H2,1-6H3,(H2,33,34,35,36,37,38);/q;+2/p-2/t17-,21-;/m0./s1. The van der Waals surface area contributed by atoms with E-state index in [1.165, 1.54) is 7.11 Å². The number of nitrogens with zero attached hydrogens (tertiary/aromatic N) is 4. The fourth-order valence-corrected chi connectivity index (χ4v) is 5.75. The number of hydrogen-bond donors (Lipinski definition) is 0. The summed E-state index contributed by atoms with van der Waals surface area (Å²) in [4.78, 5) is 43.8. The number of esters is 1. The molecule has 0 saturated carbocycles. The van der Waals surface area contributed by atoms with Crippen molar-refractivity contribution < 1.29 is 38.9 Å². The molecule has 8 bridgehead atoms. The maximum atomic E-state index is 12.2. The van der Waals surface area contributed by atoms with E-state index in [9.17, 15) is 14.7 Å². The van der Waals surface area contributed by atoms with Crippen LogP contribution in [-0.4, -0.2) is 36.5 Å². The van der Waals surface area contributed by atoms with E-state index in [1.807, 2.05) is 45.1 Å². The average molecular weight is 602 g/mol. The zero-order chi connectivity index (χ0) is 28.7. The van der Waals surface area contributed by atoms with Crippen molar-refractivity contribution in [2.45, 2.75) is 53.9 Å². The van der Waals surface area contributed by atoms with E-state index in [2.05, 4.69) is 13.8 Å². The van der Waals surface area contributed by atoms with E-state index in [0.29, 0.717) is 40.4 Å². The molecule has 0 radical (unpaired) electrons. The molecule has 1 aromatic rings. The third-order valence-corrected chi connectivity index (χ3v) is 8.30. The number of carbonyl (C=O) groups excluding carboxylic acids is 2. The van der Waals surface area contributed by atoms with Crippen molar-refractivity contribution in [2.75, 3.05) is 7.11 Å². The van der Waals surface area contributed by atoms with Crippen LogP contribution in [-0.2, 0) is 40.2 Å². The van der Waals surface area contributed by atoms with Crippen LogP contribution in [0.25, 0.3) is 12.2 Å². The quantitative estimate of drug-likeness (QED) is 0.222. The summed E-state index contributed by atoms with van der Waals surface area (Å²) >= 11 is 0. The molecular formula is C32H32N4O4Zn. The summed E-state index contributed by atoms with van der Waals surface area (Å²) in [5, 5.41) is 13.7. The maximum absolute atomic E-state index is 12.2. The topological polar surface area (TPSA) is 118 Å². The molecule has 0 aliphatic carbocycles. The minimum Gasteiger partial charge on any atom is -0.877 e. The number of rotatable bonds is 5. The zero-order valence-electron chi connectivity index (χ0n) is 24.4. The van der Waals surface area contributed by atoms with Crippen LogP contribution in [0.5, 0.6) is 0 Å². The van der Waals surface area contributed by atoms with Crippen LogP contribution in [0.3, 0.4) is 0 Å². The number of hydrogen-bond acceptors (Lipinski definition) is 7. The minimum atomic E-state index is -0.289. The number of methoxy groups -OCH3 is 1. The molecule has 9 heteroatoms. The molecule has 0 N–H and O–H groups in total. The Morgan fingerprint density at radius 3 is 2.44 bits per heavy atom.